The molecule has 0 spiro atoms. The molecule has 1 amide bonds. The molecule has 2 aromatic carbocycles. The molecule has 1 heterocycles. The number of carbonyl (C=O) groups excluding carboxylic acids is 1. The predicted molar refractivity (Wildman–Crippen MR) is 100 cm³/mol. The number of ether oxygens (including phenoxy) is 1. The van der Waals surface area contributed by atoms with Crippen LogP contribution in [0, 0.1) is 0 Å². The van der Waals surface area contributed by atoms with Gasteiger partial charge in [0, 0.05) is 26.3 Å². The Balaban J connectivity index is 2.08. The normalized spacial score (nSPS) is 14.2. The minimum absolute atomic E-state index is 0.0666. The van der Waals surface area contributed by atoms with Crippen molar-refractivity contribution in [3.8, 4) is 5.75 Å². The molecule has 138 valence electrons. The summed E-state index contributed by atoms with van der Waals surface area (Å²) in [6.45, 7) is 0.587. The van der Waals surface area contributed by atoms with E-state index in [-0.39, 0.29) is 16.4 Å². The van der Waals surface area contributed by atoms with Crippen molar-refractivity contribution >= 4 is 21.6 Å². The van der Waals surface area contributed by atoms with Crippen molar-refractivity contribution in [3.63, 3.8) is 0 Å². The molecule has 0 fully saturated rings. The lowest BCUT2D eigenvalue weighted by molar-refractivity contribution is 0.0982. The second kappa shape index (κ2) is 7.09. The molecule has 0 aromatic heterocycles. The van der Waals surface area contributed by atoms with Gasteiger partial charge in [-0.1, -0.05) is 18.2 Å². The van der Waals surface area contributed by atoms with Crippen LogP contribution >= 0.6 is 0 Å². The quantitative estimate of drug-likeness (QED) is 0.825. The van der Waals surface area contributed by atoms with E-state index in [4.69, 9.17) is 4.74 Å². The van der Waals surface area contributed by atoms with Crippen LogP contribution in [0.2, 0.25) is 0 Å². The lowest BCUT2D eigenvalue weighted by Crippen LogP contribution is -2.35. The van der Waals surface area contributed by atoms with Gasteiger partial charge in [0.15, 0.2) is 0 Å². The molecule has 26 heavy (non-hydrogen) atoms. The van der Waals surface area contributed by atoms with Crippen LogP contribution in [-0.2, 0) is 16.4 Å². The molecule has 0 unspecified atom stereocenters. The molecule has 2 aromatic rings. The Morgan fingerprint density at radius 1 is 1.15 bits per heavy atom. The Kier molecular flexibility index (Phi) is 5.02. The van der Waals surface area contributed by atoms with E-state index < -0.39 is 10.0 Å². The number of fused-ring (bicyclic) bond motifs is 1. The number of sulfonamides is 1. The fraction of sp³-hybridized carbons (Fsp3) is 0.316. The summed E-state index contributed by atoms with van der Waals surface area (Å²) in [6.07, 6.45) is 1.78. The molecular weight excluding hydrogens is 352 g/mol. The maximum absolute atomic E-state index is 13.2. The molecule has 3 rings (SSSR count). The third kappa shape index (κ3) is 3.20. The van der Waals surface area contributed by atoms with Gasteiger partial charge in [-0.15, -0.1) is 0 Å². The van der Waals surface area contributed by atoms with Crippen molar-refractivity contribution < 1.29 is 17.9 Å². The summed E-state index contributed by atoms with van der Waals surface area (Å²) < 4.78 is 31.3. The number of amides is 1. The van der Waals surface area contributed by atoms with Crippen LogP contribution in [0.15, 0.2) is 47.4 Å². The van der Waals surface area contributed by atoms with Crippen molar-refractivity contribution in [1.29, 1.82) is 0 Å². The van der Waals surface area contributed by atoms with E-state index >= 15 is 0 Å². The number of rotatable bonds is 4. The molecule has 0 saturated carbocycles. The topological polar surface area (TPSA) is 66.9 Å². The summed E-state index contributed by atoms with van der Waals surface area (Å²) in [5.74, 6) is 0.0977. The fourth-order valence-electron chi connectivity index (χ4n) is 3.12. The van der Waals surface area contributed by atoms with E-state index in [0.717, 1.165) is 28.4 Å². The van der Waals surface area contributed by atoms with E-state index in [9.17, 15) is 13.2 Å². The highest BCUT2D eigenvalue weighted by atomic mass is 32.2. The van der Waals surface area contributed by atoms with Crippen LogP contribution in [0.1, 0.15) is 22.3 Å². The molecule has 0 N–H and O–H groups in total. The van der Waals surface area contributed by atoms with Crippen molar-refractivity contribution in [2.75, 3.05) is 32.6 Å². The summed E-state index contributed by atoms with van der Waals surface area (Å²) >= 11 is 0. The maximum atomic E-state index is 13.2. The van der Waals surface area contributed by atoms with E-state index in [0.29, 0.717) is 12.3 Å². The molecule has 1 aliphatic rings. The zero-order chi connectivity index (χ0) is 18.9. The second-order valence-corrected chi connectivity index (χ2v) is 8.49. The van der Waals surface area contributed by atoms with Gasteiger partial charge in [-0.2, -0.15) is 0 Å². The van der Waals surface area contributed by atoms with Gasteiger partial charge in [0.25, 0.3) is 5.91 Å². The summed E-state index contributed by atoms with van der Waals surface area (Å²) in [4.78, 5) is 15.0. The summed E-state index contributed by atoms with van der Waals surface area (Å²) in [5, 5.41) is 0. The zero-order valence-corrected chi connectivity index (χ0v) is 15.9. The van der Waals surface area contributed by atoms with Crippen LogP contribution in [0.4, 0.5) is 5.69 Å². The third-order valence-electron chi connectivity index (χ3n) is 4.54. The van der Waals surface area contributed by atoms with Crippen LogP contribution < -0.4 is 9.64 Å². The average Bonchev–Trinajstić information content (AvgIpc) is 2.66. The minimum atomic E-state index is -3.64. The molecule has 0 bridgehead atoms. The second-order valence-electron chi connectivity index (χ2n) is 6.34. The van der Waals surface area contributed by atoms with Crippen molar-refractivity contribution in [2.24, 2.45) is 0 Å². The van der Waals surface area contributed by atoms with Crippen molar-refractivity contribution in [1.82, 2.24) is 4.31 Å². The summed E-state index contributed by atoms with van der Waals surface area (Å²) in [7, 11) is 0.747. The molecule has 0 radical (unpaired) electrons. The summed E-state index contributed by atoms with van der Waals surface area (Å²) in [5.41, 5.74) is 2.22. The highest BCUT2D eigenvalue weighted by molar-refractivity contribution is 7.89. The smallest absolute Gasteiger partial charge is 0.262 e. The lowest BCUT2D eigenvalue weighted by atomic mass is 10.0. The van der Waals surface area contributed by atoms with Gasteiger partial charge in [-0.3, -0.25) is 4.79 Å². The summed E-state index contributed by atoms with van der Waals surface area (Å²) in [6, 6.07) is 12.2. The number of para-hydroxylation sites is 1. The Hall–Kier alpha value is -2.38. The SMILES string of the molecule is COc1ccc(S(=O)(=O)N(C)C)cc1C(=O)N1CCCc2ccccc21. The highest BCUT2D eigenvalue weighted by Crippen LogP contribution is 2.31. The predicted octanol–water partition coefficient (Wildman–Crippen LogP) is 2.54. The Morgan fingerprint density at radius 3 is 2.58 bits per heavy atom. The van der Waals surface area contributed by atoms with Gasteiger partial charge < -0.3 is 9.64 Å². The van der Waals surface area contributed by atoms with Gasteiger partial charge in [0.1, 0.15) is 5.75 Å². The number of benzene rings is 2. The molecule has 0 atom stereocenters. The number of methoxy groups -OCH3 is 1. The van der Waals surface area contributed by atoms with E-state index in [1.54, 1.807) is 4.90 Å². The van der Waals surface area contributed by atoms with Gasteiger partial charge in [0.2, 0.25) is 10.0 Å². The number of nitrogens with zero attached hydrogens (tertiary/aromatic N) is 2. The highest BCUT2D eigenvalue weighted by Gasteiger charge is 2.27. The van der Waals surface area contributed by atoms with Crippen LogP contribution in [0.25, 0.3) is 0 Å². The first-order chi connectivity index (χ1) is 12.4. The van der Waals surface area contributed by atoms with Gasteiger partial charge in [-0.05, 0) is 42.7 Å². The number of carbonyl (C=O) groups is 1. The Labute approximate surface area is 154 Å². The van der Waals surface area contributed by atoms with E-state index in [1.165, 1.54) is 39.4 Å². The van der Waals surface area contributed by atoms with Gasteiger partial charge in [-0.25, -0.2) is 12.7 Å². The fourth-order valence-corrected chi connectivity index (χ4v) is 4.04. The Bertz CT molecular complexity index is 938. The first kappa shape index (κ1) is 18.4. The van der Waals surface area contributed by atoms with Crippen molar-refractivity contribution in [2.45, 2.75) is 17.7 Å². The van der Waals surface area contributed by atoms with Crippen LogP contribution in [0.5, 0.6) is 5.75 Å². The zero-order valence-electron chi connectivity index (χ0n) is 15.1. The minimum Gasteiger partial charge on any atom is -0.496 e. The largest absolute Gasteiger partial charge is 0.496 e. The lowest BCUT2D eigenvalue weighted by Gasteiger charge is -2.30. The third-order valence-corrected chi connectivity index (χ3v) is 6.35. The number of aryl methyl sites for hydroxylation is 1. The van der Waals surface area contributed by atoms with Crippen molar-refractivity contribution in [3.05, 3.63) is 53.6 Å². The number of hydrogen-bond acceptors (Lipinski definition) is 4. The molecule has 7 heteroatoms. The molecule has 6 nitrogen and oxygen atoms in total. The molecule has 0 saturated heterocycles. The van der Waals surface area contributed by atoms with Gasteiger partial charge in [0.05, 0.1) is 17.6 Å². The molecule has 1 aliphatic heterocycles. The average molecular weight is 374 g/mol. The standard InChI is InChI=1S/C19H22N2O4S/c1-20(2)26(23,24)15-10-11-18(25-3)16(13-15)19(22)21-12-6-8-14-7-4-5-9-17(14)21/h4-5,7,9-11,13H,6,8,12H2,1-3H3. The molecular formula is C19H22N2O4S. The maximum Gasteiger partial charge on any atom is 0.262 e. The Morgan fingerprint density at radius 2 is 1.88 bits per heavy atom. The monoisotopic (exact) mass is 374 g/mol. The van der Waals surface area contributed by atoms with Gasteiger partial charge >= 0.3 is 0 Å². The van der Waals surface area contributed by atoms with E-state index in [2.05, 4.69) is 0 Å². The van der Waals surface area contributed by atoms with Crippen LogP contribution in [0.3, 0.4) is 0 Å². The number of hydrogen-bond donors (Lipinski definition) is 0. The van der Waals surface area contributed by atoms with E-state index in [1.807, 2.05) is 24.3 Å². The molecule has 0 aliphatic carbocycles. The first-order valence-corrected chi connectivity index (χ1v) is 9.80. The first-order valence-electron chi connectivity index (χ1n) is 8.36. The van der Waals surface area contributed by atoms with Crippen LogP contribution in [-0.4, -0.2) is 46.4 Å². The number of anilines is 1.